The summed E-state index contributed by atoms with van der Waals surface area (Å²) in [5.41, 5.74) is 1.08. The zero-order chi connectivity index (χ0) is 14.9. The Morgan fingerprint density at radius 1 is 1.40 bits per heavy atom. The van der Waals surface area contributed by atoms with Crippen molar-refractivity contribution in [2.75, 3.05) is 7.11 Å². The Morgan fingerprint density at radius 3 is 2.55 bits per heavy atom. The summed E-state index contributed by atoms with van der Waals surface area (Å²) in [4.78, 5) is 1.15. The predicted molar refractivity (Wildman–Crippen MR) is 77.4 cm³/mol. The highest BCUT2D eigenvalue weighted by Crippen LogP contribution is 2.53. The molecule has 0 aromatic heterocycles. The Hall–Kier alpha value is -2.11. The van der Waals surface area contributed by atoms with Crippen molar-refractivity contribution >= 4 is 11.8 Å². The molecule has 0 aliphatic carbocycles. The number of ether oxygens (including phenoxy) is 1. The van der Waals surface area contributed by atoms with E-state index in [0.717, 1.165) is 11.3 Å². The number of benzene rings is 1. The summed E-state index contributed by atoms with van der Waals surface area (Å²) in [6.07, 6.45) is 2.80. The second-order valence-electron chi connectivity index (χ2n) is 4.80. The maximum absolute atomic E-state index is 10.1. The highest BCUT2D eigenvalue weighted by molar-refractivity contribution is 8.04. The standard InChI is InChI=1S/C15H14N2O2S/c1-9-4-5-15(2,20-9)13-10(7-16)6-12(19-3)14(18)11(13)8-17/h4,6,18H,5H2,1-3H3. The molecule has 1 aliphatic rings. The van der Waals surface area contributed by atoms with Crippen LogP contribution in [0.5, 0.6) is 11.5 Å². The lowest BCUT2D eigenvalue weighted by Crippen LogP contribution is -2.18. The topological polar surface area (TPSA) is 77.0 Å². The summed E-state index contributed by atoms with van der Waals surface area (Å²) in [5.74, 6) is -0.0477. The molecule has 0 bridgehead atoms. The van der Waals surface area contributed by atoms with Crippen LogP contribution < -0.4 is 4.74 Å². The van der Waals surface area contributed by atoms with Gasteiger partial charge in [0.1, 0.15) is 11.6 Å². The summed E-state index contributed by atoms with van der Waals surface area (Å²) in [5, 5.41) is 28.9. The summed E-state index contributed by atoms with van der Waals surface area (Å²) >= 11 is 1.61. The van der Waals surface area contributed by atoms with Crippen LogP contribution in [-0.2, 0) is 4.75 Å². The van der Waals surface area contributed by atoms with Crippen LogP contribution in [0.1, 0.15) is 37.0 Å². The van der Waals surface area contributed by atoms with Crippen molar-refractivity contribution in [2.45, 2.75) is 25.0 Å². The molecule has 1 atom stereocenters. The Labute approximate surface area is 122 Å². The van der Waals surface area contributed by atoms with E-state index in [1.807, 2.05) is 19.9 Å². The summed E-state index contributed by atoms with van der Waals surface area (Å²) < 4.78 is 4.62. The lowest BCUT2D eigenvalue weighted by molar-refractivity contribution is 0.371. The van der Waals surface area contributed by atoms with Crippen LogP contribution in [0, 0.1) is 22.7 Å². The van der Waals surface area contributed by atoms with Crippen LogP contribution in [0.25, 0.3) is 0 Å². The number of aromatic hydroxyl groups is 1. The van der Waals surface area contributed by atoms with E-state index in [4.69, 9.17) is 4.74 Å². The van der Waals surface area contributed by atoms with Gasteiger partial charge in [-0.1, -0.05) is 6.08 Å². The van der Waals surface area contributed by atoms with Gasteiger partial charge >= 0.3 is 0 Å². The fraction of sp³-hybridized carbons (Fsp3) is 0.333. The number of allylic oxidation sites excluding steroid dienone is 2. The average Bonchev–Trinajstić information content (AvgIpc) is 2.78. The van der Waals surface area contributed by atoms with Gasteiger partial charge in [-0.25, -0.2) is 0 Å². The number of hydrogen-bond acceptors (Lipinski definition) is 5. The number of phenols is 1. The number of phenolic OH excluding ortho intramolecular Hbond substituents is 1. The Kier molecular flexibility index (Phi) is 3.65. The van der Waals surface area contributed by atoms with Gasteiger partial charge in [-0.05, 0) is 25.2 Å². The van der Waals surface area contributed by atoms with E-state index in [1.165, 1.54) is 13.2 Å². The van der Waals surface area contributed by atoms with Gasteiger partial charge in [-0.15, -0.1) is 11.8 Å². The molecule has 5 heteroatoms. The van der Waals surface area contributed by atoms with Gasteiger partial charge in [0, 0.05) is 16.4 Å². The zero-order valence-electron chi connectivity index (χ0n) is 11.5. The largest absolute Gasteiger partial charge is 0.503 e. The normalized spacial score (nSPS) is 20.9. The van der Waals surface area contributed by atoms with Crippen molar-refractivity contribution in [2.24, 2.45) is 0 Å². The van der Waals surface area contributed by atoms with Gasteiger partial charge in [0.05, 0.1) is 18.7 Å². The number of nitrogens with zero attached hydrogens (tertiary/aromatic N) is 2. The van der Waals surface area contributed by atoms with E-state index in [0.29, 0.717) is 11.1 Å². The fourth-order valence-electron chi connectivity index (χ4n) is 2.48. The van der Waals surface area contributed by atoms with Crippen molar-refractivity contribution in [3.8, 4) is 23.6 Å². The van der Waals surface area contributed by atoms with Gasteiger partial charge in [0.15, 0.2) is 11.5 Å². The number of nitriles is 2. The molecule has 0 amide bonds. The van der Waals surface area contributed by atoms with Gasteiger partial charge in [0.25, 0.3) is 0 Å². The maximum atomic E-state index is 10.1. The second-order valence-corrected chi connectivity index (χ2v) is 6.55. The van der Waals surface area contributed by atoms with Gasteiger partial charge in [-0.3, -0.25) is 0 Å². The molecule has 20 heavy (non-hydrogen) atoms. The smallest absolute Gasteiger partial charge is 0.176 e. The van der Waals surface area contributed by atoms with Crippen LogP contribution in [0.15, 0.2) is 17.0 Å². The highest BCUT2D eigenvalue weighted by atomic mass is 32.2. The second kappa shape index (κ2) is 5.11. The minimum atomic E-state index is -0.413. The van der Waals surface area contributed by atoms with E-state index in [-0.39, 0.29) is 17.1 Å². The minimum Gasteiger partial charge on any atom is -0.503 e. The first-order valence-corrected chi connectivity index (χ1v) is 6.89. The number of hydrogen-bond donors (Lipinski definition) is 1. The first kappa shape index (κ1) is 14.3. The molecule has 0 saturated heterocycles. The zero-order valence-corrected chi connectivity index (χ0v) is 12.3. The molecule has 1 aliphatic heterocycles. The molecule has 4 nitrogen and oxygen atoms in total. The van der Waals surface area contributed by atoms with Crippen LogP contribution >= 0.6 is 11.8 Å². The predicted octanol–water partition coefficient (Wildman–Crippen LogP) is 3.40. The third-order valence-corrected chi connectivity index (χ3v) is 4.72. The van der Waals surface area contributed by atoms with Crippen molar-refractivity contribution in [1.82, 2.24) is 0 Å². The summed E-state index contributed by atoms with van der Waals surface area (Å²) in [7, 11) is 1.40. The number of methoxy groups -OCH3 is 1. The number of rotatable bonds is 2. The molecule has 1 aromatic carbocycles. The van der Waals surface area contributed by atoms with Crippen molar-refractivity contribution < 1.29 is 9.84 Å². The quantitative estimate of drug-likeness (QED) is 0.901. The molecule has 0 fully saturated rings. The van der Waals surface area contributed by atoms with Crippen molar-refractivity contribution in [1.29, 1.82) is 10.5 Å². The molecule has 2 rings (SSSR count). The van der Waals surface area contributed by atoms with Crippen LogP contribution in [0.2, 0.25) is 0 Å². The van der Waals surface area contributed by atoms with Gasteiger partial charge < -0.3 is 9.84 Å². The maximum Gasteiger partial charge on any atom is 0.176 e. The average molecular weight is 286 g/mol. The van der Waals surface area contributed by atoms with Crippen molar-refractivity contribution in [3.05, 3.63) is 33.7 Å². The lowest BCUT2D eigenvalue weighted by Gasteiger charge is -2.27. The Bertz CT molecular complexity index is 683. The molecule has 1 N–H and O–H groups in total. The van der Waals surface area contributed by atoms with E-state index in [1.54, 1.807) is 11.8 Å². The fourth-order valence-corrected chi connectivity index (χ4v) is 3.84. The Balaban J connectivity index is 2.74. The van der Waals surface area contributed by atoms with Gasteiger partial charge in [-0.2, -0.15) is 10.5 Å². The first-order valence-electron chi connectivity index (χ1n) is 6.07. The van der Waals surface area contributed by atoms with Crippen molar-refractivity contribution in [3.63, 3.8) is 0 Å². The van der Waals surface area contributed by atoms with E-state index in [9.17, 15) is 15.6 Å². The molecular formula is C15H14N2O2S. The van der Waals surface area contributed by atoms with E-state index in [2.05, 4.69) is 12.1 Å². The van der Waals surface area contributed by atoms with E-state index < -0.39 is 4.75 Å². The monoisotopic (exact) mass is 286 g/mol. The van der Waals surface area contributed by atoms with Crippen LogP contribution in [-0.4, -0.2) is 12.2 Å². The van der Waals surface area contributed by atoms with Crippen LogP contribution in [0.3, 0.4) is 0 Å². The summed E-state index contributed by atoms with van der Waals surface area (Å²) in [6.45, 7) is 3.98. The van der Waals surface area contributed by atoms with Gasteiger partial charge in [0.2, 0.25) is 0 Å². The van der Waals surface area contributed by atoms with E-state index >= 15 is 0 Å². The Morgan fingerprint density at radius 2 is 2.10 bits per heavy atom. The highest BCUT2D eigenvalue weighted by Gasteiger charge is 2.37. The molecule has 1 aromatic rings. The summed E-state index contributed by atoms with van der Waals surface area (Å²) in [6, 6.07) is 5.61. The first-order chi connectivity index (χ1) is 9.46. The molecule has 0 saturated carbocycles. The third kappa shape index (κ3) is 2.11. The molecule has 102 valence electrons. The number of thioether (sulfide) groups is 1. The minimum absolute atomic E-state index is 0.124. The molecule has 0 spiro atoms. The third-order valence-electron chi connectivity index (χ3n) is 3.41. The lowest BCUT2D eigenvalue weighted by atomic mass is 9.88. The molecule has 1 unspecified atom stereocenters. The van der Waals surface area contributed by atoms with Crippen LogP contribution in [0.4, 0.5) is 0 Å². The molecule has 0 radical (unpaired) electrons. The molecular weight excluding hydrogens is 272 g/mol. The molecule has 1 heterocycles. The SMILES string of the molecule is COc1cc(C#N)c(C2(C)CC=C(C)S2)c(C#N)c1O.